The lowest BCUT2D eigenvalue weighted by atomic mass is 9.83. The first kappa shape index (κ1) is 38.0. The molecule has 58 heavy (non-hydrogen) atoms. The van der Waals surface area contributed by atoms with Gasteiger partial charge >= 0.3 is 0 Å². The minimum absolute atomic E-state index is 0.375. The molecule has 0 saturated heterocycles. The number of rotatable bonds is 12. The molecule has 6 heteroatoms. The Morgan fingerprint density at radius 2 is 0.672 bits per heavy atom. The number of halogens is 2. The van der Waals surface area contributed by atoms with E-state index in [4.69, 9.17) is 18.9 Å². The van der Waals surface area contributed by atoms with Crippen LogP contribution in [0.15, 0.2) is 167 Å². The second kappa shape index (κ2) is 16.8. The molecule has 0 amide bonds. The van der Waals surface area contributed by atoms with Crippen molar-refractivity contribution in [3.63, 3.8) is 0 Å². The summed E-state index contributed by atoms with van der Waals surface area (Å²) in [4.78, 5) is 0. The molecule has 0 bridgehead atoms. The monoisotopic (exact) mass is 886 g/mol. The van der Waals surface area contributed by atoms with Crippen LogP contribution in [0, 0.1) is 0 Å². The number of hydrogen-bond donors (Lipinski definition) is 0. The molecule has 9 aromatic rings. The third-order valence-electron chi connectivity index (χ3n) is 10.8. The van der Waals surface area contributed by atoms with Crippen molar-refractivity contribution in [3.05, 3.63) is 167 Å². The molecule has 286 valence electrons. The van der Waals surface area contributed by atoms with Gasteiger partial charge in [-0.15, -0.1) is 0 Å². The van der Waals surface area contributed by atoms with E-state index in [-0.39, 0.29) is 0 Å². The van der Waals surface area contributed by atoms with Crippen molar-refractivity contribution in [1.82, 2.24) is 0 Å². The van der Waals surface area contributed by atoms with Gasteiger partial charge in [-0.3, -0.25) is 0 Å². The van der Waals surface area contributed by atoms with Crippen LogP contribution in [-0.4, -0.2) is 40.6 Å². The zero-order valence-corrected chi connectivity index (χ0v) is 35.4. The van der Waals surface area contributed by atoms with Crippen molar-refractivity contribution in [2.75, 3.05) is 40.6 Å². The lowest BCUT2D eigenvalue weighted by Crippen LogP contribution is -2.08. The maximum Gasteiger partial charge on any atom is 0.131 e. The highest BCUT2D eigenvalue weighted by molar-refractivity contribution is 9.10. The Labute approximate surface area is 355 Å². The summed E-state index contributed by atoms with van der Waals surface area (Å²) in [6, 6.07) is 56.4. The molecule has 0 heterocycles. The van der Waals surface area contributed by atoms with Gasteiger partial charge in [0, 0.05) is 51.5 Å². The number of methoxy groups -OCH3 is 2. The zero-order valence-electron chi connectivity index (χ0n) is 32.2. The van der Waals surface area contributed by atoms with Gasteiger partial charge in [-0.25, -0.2) is 0 Å². The number of benzene rings is 9. The van der Waals surface area contributed by atoms with Crippen molar-refractivity contribution in [2.45, 2.75) is 0 Å². The smallest absolute Gasteiger partial charge is 0.131 e. The summed E-state index contributed by atoms with van der Waals surface area (Å²) in [6.45, 7) is 1.63. The summed E-state index contributed by atoms with van der Waals surface area (Å²) in [5, 5.41) is 9.17. The van der Waals surface area contributed by atoms with Crippen LogP contribution in [0.25, 0.3) is 87.6 Å². The summed E-state index contributed by atoms with van der Waals surface area (Å²) in [7, 11) is 3.39. The number of ether oxygens (including phenoxy) is 4. The van der Waals surface area contributed by atoms with Crippen LogP contribution in [0.4, 0.5) is 0 Å². The van der Waals surface area contributed by atoms with Crippen LogP contribution in [0.3, 0.4) is 0 Å². The van der Waals surface area contributed by atoms with Crippen LogP contribution < -0.4 is 9.47 Å². The van der Waals surface area contributed by atoms with Crippen LogP contribution in [0.5, 0.6) is 11.5 Å². The van der Waals surface area contributed by atoms with E-state index in [2.05, 4.69) is 190 Å². The van der Waals surface area contributed by atoms with Gasteiger partial charge in [0.15, 0.2) is 0 Å². The summed E-state index contributed by atoms with van der Waals surface area (Å²) in [5.41, 5.74) is 8.83. The molecule has 0 fully saturated rings. The molecule has 0 aliphatic rings. The normalized spacial score (nSPS) is 11.5. The van der Waals surface area contributed by atoms with Gasteiger partial charge in [0.05, 0.1) is 13.2 Å². The van der Waals surface area contributed by atoms with Crippen LogP contribution >= 0.6 is 31.9 Å². The van der Waals surface area contributed by atoms with Crippen molar-refractivity contribution in [1.29, 1.82) is 0 Å². The molecule has 0 aliphatic carbocycles. The van der Waals surface area contributed by atoms with Gasteiger partial charge in [-0.2, -0.15) is 0 Å². The van der Waals surface area contributed by atoms with Gasteiger partial charge in [0.1, 0.15) is 24.7 Å². The van der Waals surface area contributed by atoms with E-state index in [0.29, 0.717) is 26.4 Å². The molecule has 0 N–H and O–H groups in total. The highest BCUT2D eigenvalue weighted by Gasteiger charge is 2.25. The fraction of sp³-hybridized carbons (Fsp3) is 0.115. The SMILES string of the molecule is COCCOc1cc(OCCOC)c(-c2c3ccccc3c(-c3cccc(Br)c3)c3ccccc23)cc1-c1c2ccccc2c(-c2cccc(Br)c2)c2ccccc12. The van der Waals surface area contributed by atoms with E-state index < -0.39 is 0 Å². The molecule has 0 aromatic heterocycles. The maximum absolute atomic E-state index is 6.71. The summed E-state index contributed by atoms with van der Waals surface area (Å²) >= 11 is 7.49. The molecule has 0 aliphatic heterocycles. The maximum atomic E-state index is 6.71. The Hall–Kier alpha value is -5.50. The van der Waals surface area contributed by atoms with E-state index >= 15 is 0 Å². The van der Waals surface area contributed by atoms with Crippen LogP contribution in [0.2, 0.25) is 0 Å². The first-order valence-electron chi connectivity index (χ1n) is 19.4. The molecule has 0 saturated carbocycles. The van der Waals surface area contributed by atoms with E-state index in [1.807, 2.05) is 0 Å². The minimum Gasteiger partial charge on any atom is -0.490 e. The number of fused-ring (bicyclic) bond motifs is 4. The van der Waals surface area contributed by atoms with Crippen molar-refractivity contribution in [3.8, 4) is 56.0 Å². The van der Waals surface area contributed by atoms with E-state index in [9.17, 15) is 0 Å². The Bertz CT molecular complexity index is 2660. The van der Waals surface area contributed by atoms with Gasteiger partial charge in [0.2, 0.25) is 0 Å². The molecule has 0 unspecified atom stereocenters. The lowest BCUT2D eigenvalue weighted by Gasteiger charge is -2.24. The molecule has 9 rings (SSSR count). The average molecular weight is 889 g/mol. The fourth-order valence-electron chi connectivity index (χ4n) is 8.41. The zero-order chi connectivity index (χ0) is 39.6. The molecule has 0 radical (unpaired) electrons. The summed E-state index contributed by atoms with van der Waals surface area (Å²) in [6.07, 6.45) is 0. The Kier molecular flexibility index (Phi) is 11.0. The van der Waals surface area contributed by atoms with Crippen LogP contribution in [-0.2, 0) is 9.47 Å². The topological polar surface area (TPSA) is 36.9 Å². The second-order valence-electron chi connectivity index (χ2n) is 14.2. The summed E-state index contributed by atoms with van der Waals surface area (Å²) in [5.74, 6) is 1.44. The quantitative estimate of drug-likeness (QED) is 0.0905. The third kappa shape index (κ3) is 7.05. The molecule has 0 spiro atoms. The summed E-state index contributed by atoms with van der Waals surface area (Å²) < 4.78 is 26.5. The molecular weight excluding hydrogens is 848 g/mol. The number of hydrogen-bond acceptors (Lipinski definition) is 4. The second-order valence-corrected chi connectivity index (χ2v) is 16.1. The predicted octanol–water partition coefficient (Wildman–Crippen LogP) is 14.5. The van der Waals surface area contributed by atoms with Crippen molar-refractivity contribution < 1.29 is 18.9 Å². The van der Waals surface area contributed by atoms with Gasteiger partial charge in [-0.1, -0.05) is 153 Å². The highest BCUT2D eigenvalue weighted by Crippen LogP contribution is 2.52. The van der Waals surface area contributed by atoms with E-state index in [0.717, 1.165) is 96.9 Å². The average Bonchev–Trinajstić information content (AvgIpc) is 3.25. The molecule has 0 atom stereocenters. The van der Waals surface area contributed by atoms with Crippen molar-refractivity contribution in [2.24, 2.45) is 0 Å². The van der Waals surface area contributed by atoms with Gasteiger partial charge in [-0.05, 0) is 95.7 Å². The first-order chi connectivity index (χ1) is 28.6. The van der Waals surface area contributed by atoms with Crippen molar-refractivity contribution >= 4 is 74.9 Å². The lowest BCUT2D eigenvalue weighted by molar-refractivity contribution is 0.143. The minimum atomic E-state index is 0.375. The Morgan fingerprint density at radius 3 is 0.983 bits per heavy atom. The molecule has 4 nitrogen and oxygen atoms in total. The van der Waals surface area contributed by atoms with Gasteiger partial charge in [0.25, 0.3) is 0 Å². The van der Waals surface area contributed by atoms with Crippen LogP contribution in [0.1, 0.15) is 0 Å². The Balaban J connectivity index is 1.42. The standard InChI is InChI=1S/C52H40Br2O4/c1-55-25-27-57-47-32-48(58-28-26-56-2)46(52-43-23-9-5-19-39(43)50(34-14-12-16-36(54)30-34)40-20-6-10-24-44(40)52)31-45(47)51-41-21-7-3-17-37(41)49(33-13-11-15-35(53)29-33)38-18-4-8-22-42(38)51/h3-24,29-32H,25-28H2,1-2H3. The van der Waals surface area contributed by atoms with E-state index in [1.165, 1.54) is 11.1 Å². The van der Waals surface area contributed by atoms with E-state index in [1.54, 1.807) is 14.2 Å². The van der Waals surface area contributed by atoms with Gasteiger partial charge < -0.3 is 18.9 Å². The predicted molar refractivity (Wildman–Crippen MR) is 248 cm³/mol. The fourth-order valence-corrected chi connectivity index (χ4v) is 9.21. The third-order valence-corrected chi connectivity index (χ3v) is 11.8. The molecular formula is C52H40Br2O4. The largest absolute Gasteiger partial charge is 0.490 e. The highest BCUT2D eigenvalue weighted by atomic mass is 79.9. The Morgan fingerprint density at radius 1 is 0.345 bits per heavy atom. The first-order valence-corrected chi connectivity index (χ1v) is 21.0. The molecule has 9 aromatic carbocycles.